The number of benzene rings is 1. The van der Waals surface area contributed by atoms with Crippen molar-refractivity contribution in [3.05, 3.63) is 34.3 Å². The maximum atomic E-state index is 9.14. The number of hydrogen-bond donors (Lipinski definition) is 0. The molecule has 2 rings (SSSR count). The fraction of sp³-hybridized carbons (Fsp3) is 0.500. The smallest absolute Gasteiger partial charge is 0.0824 e. The van der Waals surface area contributed by atoms with E-state index in [1.807, 2.05) is 6.07 Å². The van der Waals surface area contributed by atoms with E-state index in [1.165, 1.54) is 0 Å². The molecule has 0 aromatic heterocycles. The largest absolute Gasteiger partial charge is 0.197 e. The summed E-state index contributed by atoms with van der Waals surface area (Å²) in [7, 11) is 0. The zero-order chi connectivity index (χ0) is 12.0. The number of rotatable bonds is 1. The molecule has 1 aromatic carbocycles. The van der Waals surface area contributed by atoms with E-state index in [9.17, 15) is 0 Å². The van der Waals surface area contributed by atoms with Gasteiger partial charge in [-0.15, -0.1) is 0 Å². The lowest BCUT2D eigenvalue weighted by Crippen LogP contribution is -2.13. The summed E-state index contributed by atoms with van der Waals surface area (Å²) < 4.78 is 0. The third-order valence-electron chi connectivity index (χ3n) is 3.29. The molecule has 16 heavy (non-hydrogen) atoms. The first-order valence-corrected chi connectivity index (χ1v) is 5.99. The molecule has 0 bridgehead atoms. The van der Waals surface area contributed by atoms with Crippen LogP contribution in [0.4, 0.5) is 0 Å². The summed E-state index contributed by atoms with van der Waals surface area (Å²) in [6.07, 6.45) is 1.93. The van der Waals surface area contributed by atoms with Crippen LogP contribution in [0.25, 0.3) is 0 Å². The van der Waals surface area contributed by atoms with Gasteiger partial charge in [0.05, 0.1) is 11.5 Å². The summed E-state index contributed by atoms with van der Waals surface area (Å²) in [5, 5.41) is 9.92. The van der Waals surface area contributed by atoms with Crippen molar-refractivity contribution in [1.29, 1.82) is 5.26 Å². The number of hydrogen-bond acceptors (Lipinski definition) is 1. The average molecular weight is 234 g/mol. The zero-order valence-electron chi connectivity index (χ0n) is 9.97. The van der Waals surface area contributed by atoms with E-state index >= 15 is 0 Å². The monoisotopic (exact) mass is 233 g/mol. The van der Waals surface area contributed by atoms with Crippen molar-refractivity contribution in [3.63, 3.8) is 0 Å². The SMILES string of the molecule is CC(C)(C)c1ccc(C2(C#N)CC2)cc1Cl. The summed E-state index contributed by atoms with van der Waals surface area (Å²) >= 11 is 6.30. The Hall–Kier alpha value is -1.00. The van der Waals surface area contributed by atoms with Crippen LogP contribution in [0.1, 0.15) is 44.7 Å². The first-order chi connectivity index (χ1) is 7.39. The quantitative estimate of drug-likeness (QED) is 0.714. The molecule has 0 aliphatic heterocycles. The minimum atomic E-state index is -0.236. The molecule has 0 atom stereocenters. The van der Waals surface area contributed by atoms with Crippen molar-refractivity contribution >= 4 is 11.6 Å². The van der Waals surface area contributed by atoms with Gasteiger partial charge in [0.25, 0.3) is 0 Å². The van der Waals surface area contributed by atoms with Crippen LogP contribution in [0, 0.1) is 11.3 Å². The first kappa shape index (κ1) is 11.5. The van der Waals surface area contributed by atoms with Crippen LogP contribution >= 0.6 is 11.6 Å². The van der Waals surface area contributed by atoms with Crippen LogP contribution < -0.4 is 0 Å². The van der Waals surface area contributed by atoms with Crippen LogP contribution in [0.3, 0.4) is 0 Å². The molecule has 0 radical (unpaired) electrons. The minimum Gasteiger partial charge on any atom is -0.197 e. The Balaban J connectivity index is 2.42. The van der Waals surface area contributed by atoms with E-state index in [0.717, 1.165) is 29.0 Å². The van der Waals surface area contributed by atoms with Crippen LogP contribution in [0.2, 0.25) is 5.02 Å². The van der Waals surface area contributed by atoms with Gasteiger partial charge in [-0.2, -0.15) is 5.26 Å². The predicted molar refractivity (Wildman–Crippen MR) is 66.7 cm³/mol. The lowest BCUT2D eigenvalue weighted by molar-refractivity contribution is 0.590. The van der Waals surface area contributed by atoms with Crippen molar-refractivity contribution < 1.29 is 0 Å². The first-order valence-electron chi connectivity index (χ1n) is 5.61. The lowest BCUT2D eigenvalue weighted by Gasteiger charge is -2.21. The Morgan fingerprint density at radius 2 is 1.94 bits per heavy atom. The summed E-state index contributed by atoms with van der Waals surface area (Å²) in [6.45, 7) is 6.43. The summed E-state index contributed by atoms with van der Waals surface area (Å²) in [5.74, 6) is 0. The van der Waals surface area contributed by atoms with E-state index in [4.69, 9.17) is 16.9 Å². The van der Waals surface area contributed by atoms with Crippen LogP contribution in [-0.2, 0) is 10.8 Å². The van der Waals surface area contributed by atoms with Crippen LogP contribution in [0.5, 0.6) is 0 Å². The number of halogens is 1. The summed E-state index contributed by atoms with van der Waals surface area (Å²) in [5.41, 5.74) is 2.04. The Labute approximate surface area is 102 Å². The highest BCUT2D eigenvalue weighted by molar-refractivity contribution is 6.31. The second kappa shape index (κ2) is 3.50. The van der Waals surface area contributed by atoms with E-state index in [1.54, 1.807) is 0 Å². The van der Waals surface area contributed by atoms with Crippen LogP contribution in [0.15, 0.2) is 18.2 Å². The van der Waals surface area contributed by atoms with E-state index in [2.05, 4.69) is 39.0 Å². The molecular weight excluding hydrogens is 218 g/mol. The fourth-order valence-electron chi connectivity index (χ4n) is 2.01. The lowest BCUT2D eigenvalue weighted by atomic mass is 9.85. The van der Waals surface area contributed by atoms with Gasteiger partial charge in [0.15, 0.2) is 0 Å². The van der Waals surface area contributed by atoms with Crippen molar-refractivity contribution in [2.45, 2.75) is 44.4 Å². The van der Waals surface area contributed by atoms with Crippen LogP contribution in [-0.4, -0.2) is 0 Å². The Morgan fingerprint density at radius 3 is 2.31 bits per heavy atom. The van der Waals surface area contributed by atoms with Gasteiger partial charge in [-0.25, -0.2) is 0 Å². The zero-order valence-corrected chi connectivity index (χ0v) is 10.7. The van der Waals surface area contributed by atoms with Gasteiger partial charge in [0.2, 0.25) is 0 Å². The maximum absolute atomic E-state index is 9.14. The highest BCUT2D eigenvalue weighted by Gasteiger charge is 2.45. The average Bonchev–Trinajstić information content (AvgIpc) is 2.96. The van der Waals surface area contributed by atoms with Gasteiger partial charge in [-0.05, 0) is 35.4 Å². The second-order valence-electron chi connectivity index (χ2n) is 5.64. The summed E-state index contributed by atoms with van der Waals surface area (Å²) in [6, 6.07) is 8.49. The molecule has 1 aromatic rings. The van der Waals surface area contributed by atoms with E-state index < -0.39 is 0 Å². The second-order valence-corrected chi connectivity index (χ2v) is 6.05. The molecule has 84 valence electrons. The van der Waals surface area contributed by atoms with Gasteiger partial charge in [-0.1, -0.05) is 44.5 Å². The molecule has 1 aliphatic carbocycles. The number of nitriles is 1. The van der Waals surface area contributed by atoms with Crippen molar-refractivity contribution in [3.8, 4) is 6.07 Å². The third-order valence-corrected chi connectivity index (χ3v) is 3.61. The van der Waals surface area contributed by atoms with Gasteiger partial charge >= 0.3 is 0 Å². The Bertz CT molecular complexity index is 459. The van der Waals surface area contributed by atoms with E-state index in [-0.39, 0.29) is 10.8 Å². The molecule has 0 saturated heterocycles. The molecule has 1 nitrogen and oxygen atoms in total. The normalized spacial score (nSPS) is 17.9. The molecular formula is C14H16ClN. The highest BCUT2D eigenvalue weighted by atomic mass is 35.5. The topological polar surface area (TPSA) is 23.8 Å². The van der Waals surface area contributed by atoms with Gasteiger partial charge in [0.1, 0.15) is 0 Å². The fourth-order valence-corrected chi connectivity index (χ4v) is 2.48. The van der Waals surface area contributed by atoms with Gasteiger partial charge < -0.3 is 0 Å². The molecule has 2 heteroatoms. The molecule has 1 saturated carbocycles. The summed E-state index contributed by atoms with van der Waals surface area (Å²) in [4.78, 5) is 0. The molecule has 1 fully saturated rings. The Kier molecular flexibility index (Phi) is 2.51. The highest BCUT2D eigenvalue weighted by Crippen LogP contribution is 2.48. The van der Waals surface area contributed by atoms with E-state index in [0.29, 0.717) is 0 Å². The molecule has 0 unspecified atom stereocenters. The maximum Gasteiger partial charge on any atom is 0.0824 e. The molecule has 1 aliphatic rings. The van der Waals surface area contributed by atoms with Gasteiger partial charge in [0, 0.05) is 5.02 Å². The standard InChI is InChI=1S/C14H16ClN/c1-13(2,3)11-5-4-10(8-12(11)15)14(9-16)6-7-14/h4-5,8H,6-7H2,1-3H3. The molecule has 0 N–H and O–H groups in total. The van der Waals surface area contributed by atoms with Crippen molar-refractivity contribution in [1.82, 2.24) is 0 Å². The molecule has 0 amide bonds. The molecule has 0 spiro atoms. The third kappa shape index (κ3) is 1.83. The predicted octanol–water partition coefficient (Wildman–Crippen LogP) is 4.19. The van der Waals surface area contributed by atoms with Crippen molar-refractivity contribution in [2.75, 3.05) is 0 Å². The molecule has 0 heterocycles. The van der Waals surface area contributed by atoms with Crippen molar-refractivity contribution in [2.24, 2.45) is 0 Å². The Morgan fingerprint density at radius 1 is 1.31 bits per heavy atom. The number of nitrogens with zero attached hydrogens (tertiary/aromatic N) is 1. The van der Waals surface area contributed by atoms with Gasteiger partial charge in [-0.3, -0.25) is 0 Å². The minimum absolute atomic E-state index is 0.0545.